The molecule has 0 bridgehead atoms. The van der Waals surface area contributed by atoms with Crippen molar-refractivity contribution < 1.29 is 19.4 Å². The van der Waals surface area contributed by atoms with Gasteiger partial charge in [0.05, 0.1) is 11.0 Å². The molecule has 2 aliphatic carbocycles. The highest BCUT2D eigenvalue weighted by atomic mass is 16.5. The highest BCUT2D eigenvalue weighted by Crippen LogP contribution is 2.40. The van der Waals surface area contributed by atoms with Gasteiger partial charge in [-0.15, -0.1) is 0 Å². The SMILES string of the molecule is COC1(CNC(=O)NCC2(C(=O)O)CCC2)CCC1. The second-order valence-electron chi connectivity index (χ2n) is 5.72. The fourth-order valence-corrected chi connectivity index (χ4v) is 2.65. The average Bonchev–Trinajstić information content (AvgIpc) is 2.26. The van der Waals surface area contributed by atoms with Gasteiger partial charge in [-0.25, -0.2) is 4.79 Å². The van der Waals surface area contributed by atoms with E-state index in [9.17, 15) is 9.59 Å². The lowest BCUT2D eigenvalue weighted by molar-refractivity contribution is -0.153. The Hall–Kier alpha value is -1.30. The molecule has 0 unspecified atom stereocenters. The molecule has 0 aliphatic heterocycles. The fourth-order valence-electron chi connectivity index (χ4n) is 2.65. The van der Waals surface area contributed by atoms with E-state index in [1.165, 1.54) is 0 Å². The minimum absolute atomic E-state index is 0.203. The first kappa shape index (κ1) is 14.1. The molecule has 0 atom stereocenters. The lowest BCUT2D eigenvalue weighted by Gasteiger charge is -2.41. The van der Waals surface area contributed by atoms with Crippen LogP contribution in [0.1, 0.15) is 38.5 Å². The van der Waals surface area contributed by atoms with Crippen LogP contribution in [0.4, 0.5) is 4.79 Å². The monoisotopic (exact) mass is 270 g/mol. The molecule has 0 aromatic carbocycles. The zero-order chi connectivity index (χ0) is 13.9. The Morgan fingerprint density at radius 2 is 1.68 bits per heavy atom. The maximum atomic E-state index is 11.7. The predicted molar refractivity (Wildman–Crippen MR) is 68.9 cm³/mol. The smallest absolute Gasteiger partial charge is 0.314 e. The van der Waals surface area contributed by atoms with Crippen molar-refractivity contribution in [2.45, 2.75) is 44.1 Å². The largest absolute Gasteiger partial charge is 0.481 e. The number of ether oxygens (including phenoxy) is 1. The number of rotatable bonds is 6. The van der Waals surface area contributed by atoms with Crippen molar-refractivity contribution in [1.82, 2.24) is 10.6 Å². The number of amides is 2. The normalized spacial score (nSPS) is 22.8. The maximum Gasteiger partial charge on any atom is 0.314 e. The zero-order valence-electron chi connectivity index (χ0n) is 11.3. The molecule has 3 N–H and O–H groups in total. The third kappa shape index (κ3) is 2.83. The van der Waals surface area contributed by atoms with Crippen LogP contribution in [0.2, 0.25) is 0 Å². The average molecular weight is 270 g/mol. The van der Waals surface area contributed by atoms with Crippen LogP contribution in [0, 0.1) is 5.41 Å². The van der Waals surface area contributed by atoms with Crippen LogP contribution in [0.3, 0.4) is 0 Å². The number of urea groups is 1. The second-order valence-corrected chi connectivity index (χ2v) is 5.72. The van der Waals surface area contributed by atoms with Gasteiger partial charge in [-0.3, -0.25) is 4.79 Å². The summed E-state index contributed by atoms with van der Waals surface area (Å²) in [5, 5.41) is 14.6. The highest BCUT2D eigenvalue weighted by molar-refractivity contribution is 5.78. The first-order valence-electron chi connectivity index (χ1n) is 6.82. The molecule has 2 aliphatic rings. The molecule has 19 heavy (non-hydrogen) atoms. The molecule has 0 aromatic heterocycles. The number of aliphatic carboxylic acids is 1. The van der Waals surface area contributed by atoms with Crippen molar-refractivity contribution in [3.63, 3.8) is 0 Å². The molecule has 2 fully saturated rings. The second kappa shape index (κ2) is 5.36. The van der Waals surface area contributed by atoms with Gasteiger partial charge < -0.3 is 20.5 Å². The summed E-state index contributed by atoms with van der Waals surface area (Å²) in [5.74, 6) is -0.814. The molecular formula is C13H22N2O4. The van der Waals surface area contributed by atoms with Crippen LogP contribution < -0.4 is 10.6 Å². The van der Waals surface area contributed by atoms with Gasteiger partial charge in [0, 0.05) is 20.2 Å². The van der Waals surface area contributed by atoms with Crippen molar-refractivity contribution in [3.8, 4) is 0 Å². The number of carbonyl (C=O) groups is 2. The van der Waals surface area contributed by atoms with Crippen LogP contribution in [-0.4, -0.2) is 42.9 Å². The summed E-state index contributed by atoms with van der Waals surface area (Å²) in [5.41, 5.74) is -0.953. The fraction of sp³-hybridized carbons (Fsp3) is 0.846. The number of methoxy groups -OCH3 is 1. The highest BCUT2D eigenvalue weighted by Gasteiger charge is 2.44. The molecule has 0 aromatic rings. The molecule has 2 saturated carbocycles. The van der Waals surface area contributed by atoms with E-state index in [-0.39, 0.29) is 18.2 Å². The Balaban J connectivity index is 1.71. The summed E-state index contributed by atoms with van der Waals surface area (Å²) in [6, 6.07) is -0.309. The number of carbonyl (C=O) groups excluding carboxylic acids is 1. The Morgan fingerprint density at radius 3 is 2.05 bits per heavy atom. The van der Waals surface area contributed by atoms with E-state index < -0.39 is 11.4 Å². The van der Waals surface area contributed by atoms with Crippen molar-refractivity contribution in [1.29, 1.82) is 0 Å². The summed E-state index contributed by atoms with van der Waals surface area (Å²) < 4.78 is 5.40. The third-order valence-electron chi connectivity index (χ3n) is 4.62. The lowest BCUT2D eigenvalue weighted by atomic mass is 9.69. The Kier molecular flexibility index (Phi) is 3.99. The third-order valence-corrected chi connectivity index (χ3v) is 4.62. The molecule has 0 saturated heterocycles. The van der Waals surface area contributed by atoms with Crippen LogP contribution in [0.15, 0.2) is 0 Å². The summed E-state index contributed by atoms with van der Waals surface area (Å²) in [4.78, 5) is 22.8. The van der Waals surface area contributed by atoms with Gasteiger partial charge in [-0.1, -0.05) is 6.42 Å². The van der Waals surface area contributed by atoms with Crippen molar-refractivity contribution in [2.75, 3.05) is 20.2 Å². The molecule has 0 radical (unpaired) electrons. The van der Waals surface area contributed by atoms with Crippen LogP contribution in [-0.2, 0) is 9.53 Å². The molecule has 0 heterocycles. The van der Waals surface area contributed by atoms with Crippen LogP contribution in [0.25, 0.3) is 0 Å². The van der Waals surface area contributed by atoms with Gasteiger partial charge in [-0.05, 0) is 32.1 Å². The quantitative estimate of drug-likeness (QED) is 0.674. The maximum absolute atomic E-state index is 11.7. The number of hydrogen-bond acceptors (Lipinski definition) is 3. The van der Waals surface area contributed by atoms with E-state index in [0.29, 0.717) is 19.4 Å². The predicted octanol–water partition coefficient (Wildman–Crippen LogP) is 1.11. The van der Waals surface area contributed by atoms with Crippen molar-refractivity contribution >= 4 is 12.0 Å². The Morgan fingerprint density at radius 1 is 1.11 bits per heavy atom. The lowest BCUT2D eigenvalue weighted by Crippen LogP contribution is -2.54. The van der Waals surface area contributed by atoms with Gasteiger partial charge in [0.15, 0.2) is 0 Å². The van der Waals surface area contributed by atoms with E-state index in [1.807, 2.05) is 0 Å². The molecule has 0 spiro atoms. The standard InChI is InChI=1S/C13H22N2O4/c1-19-13(6-3-7-13)9-15-11(18)14-8-12(10(16)17)4-2-5-12/h2-9H2,1H3,(H,16,17)(H2,14,15,18). The van der Waals surface area contributed by atoms with Crippen LogP contribution >= 0.6 is 0 Å². The van der Waals surface area contributed by atoms with E-state index in [4.69, 9.17) is 9.84 Å². The molecule has 2 rings (SSSR count). The van der Waals surface area contributed by atoms with E-state index in [2.05, 4.69) is 10.6 Å². The molecule has 2 amide bonds. The number of carboxylic acid groups (broad SMARTS) is 1. The Labute approximate surface area is 112 Å². The van der Waals surface area contributed by atoms with Gasteiger partial charge >= 0.3 is 12.0 Å². The molecular weight excluding hydrogens is 248 g/mol. The van der Waals surface area contributed by atoms with Gasteiger partial charge in [0.1, 0.15) is 0 Å². The van der Waals surface area contributed by atoms with E-state index >= 15 is 0 Å². The summed E-state index contributed by atoms with van der Waals surface area (Å²) in [6.07, 6.45) is 5.25. The summed E-state index contributed by atoms with van der Waals surface area (Å²) in [6.45, 7) is 0.684. The zero-order valence-corrected chi connectivity index (χ0v) is 11.3. The van der Waals surface area contributed by atoms with Crippen molar-refractivity contribution in [2.24, 2.45) is 5.41 Å². The number of nitrogens with one attached hydrogen (secondary N) is 2. The molecule has 6 nitrogen and oxygen atoms in total. The van der Waals surface area contributed by atoms with Gasteiger partial charge in [-0.2, -0.15) is 0 Å². The first-order valence-corrected chi connectivity index (χ1v) is 6.82. The van der Waals surface area contributed by atoms with E-state index in [0.717, 1.165) is 25.7 Å². The number of hydrogen-bond donors (Lipinski definition) is 3. The Bertz CT molecular complexity index is 356. The topological polar surface area (TPSA) is 87.7 Å². The van der Waals surface area contributed by atoms with E-state index in [1.54, 1.807) is 7.11 Å². The molecule has 6 heteroatoms. The summed E-state index contributed by atoms with van der Waals surface area (Å²) in [7, 11) is 1.66. The molecule has 108 valence electrons. The van der Waals surface area contributed by atoms with Gasteiger partial charge in [0.2, 0.25) is 0 Å². The first-order chi connectivity index (χ1) is 9.02. The number of carboxylic acids is 1. The summed E-state index contributed by atoms with van der Waals surface area (Å²) >= 11 is 0. The minimum atomic E-state index is -0.814. The van der Waals surface area contributed by atoms with Gasteiger partial charge in [0.25, 0.3) is 0 Å². The van der Waals surface area contributed by atoms with Crippen LogP contribution in [0.5, 0.6) is 0 Å². The minimum Gasteiger partial charge on any atom is -0.481 e. The van der Waals surface area contributed by atoms with Crippen molar-refractivity contribution in [3.05, 3.63) is 0 Å².